The number of ether oxygens (including phenoxy) is 1. The second-order valence-electron chi connectivity index (χ2n) is 9.18. The summed E-state index contributed by atoms with van der Waals surface area (Å²) >= 11 is 0. The van der Waals surface area contributed by atoms with Crippen molar-refractivity contribution in [3.05, 3.63) is 101 Å². The minimum absolute atomic E-state index is 0.0704. The van der Waals surface area contributed by atoms with Gasteiger partial charge >= 0.3 is 5.97 Å². The number of hydrogen-bond acceptors (Lipinski definition) is 6. The minimum atomic E-state index is -0.811. The Balaban J connectivity index is 1.23. The number of carboxylic acids is 1. The molecule has 7 heteroatoms. The number of aliphatic carboxylic acids is 1. The Bertz CT molecular complexity index is 1220. The molecule has 0 spiro atoms. The van der Waals surface area contributed by atoms with Crippen LogP contribution in [0.15, 0.2) is 79.0 Å². The van der Waals surface area contributed by atoms with Gasteiger partial charge in [0.1, 0.15) is 24.2 Å². The first-order valence-electron chi connectivity index (χ1n) is 12.5. The van der Waals surface area contributed by atoms with E-state index in [9.17, 15) is 4.79 Å². The number of allylic oxidation sites excluding steroid dienone is 2. The van der Waals surface area contributed by atoms with Crippen molar-refractivity contribution in [1.82, 2.24) is 9.88 Å². The van der Waals surface area contributed by atoms with E-state index in [0.29, 0.717) is 12.2 Å². The summed E-state index contributed by atoms with van der Waals surface area (Å²) in [6, 6.07) is 22.0. The molecule has 1 aromatic heterocycles. The molecule has 0 bridgehead atoms. The van der Waals surface area contributed by atoms with Crippen molar-refractivity contribution in [1.29, 1.82) is 5.26 Å². The van der Waals surface area contributed by atoms with E-state index in [2.05, 4.69) is 45.1 Å². The molecule has 0 aliphatic carbocycles. The first kappa shape index (κ1) is 25.9. The van der Waals surface area contributed by atoms with Gasteiger partial charge in [-0.15, -0.1) is 0 Å². The Morgan fingerprint density at radius 1 is 1.05 bits per heavy atom. The van der Waals surface area contributed by atoms with Gasteiger partial charge in [-0.05, 0) is 47.9 Å². The van der Waals surface area contributed by atoms with Gasteiger partial charge in [0.2, 0.25) is 0 Å². The highest BCUT2D eigenvalue weighted by atomic mass is 16.5. The number of aromatic nitrogens is 1. The SMILES string of the molecule is CC=C[C@H](CC(=O)O)c1ccc(OCc2ccc(CN3CCN(c4ccc(C#N)cn4)CC3)cc2)cc1. The Morgan fingerprint density at radius 2 is 1.76 bits per heavy atom. The van der Waals surface area contributed by atoms with E-state index in [-0.39, 0.29) is 12.3 Å². The van der Waals surface area contributed by atoms with Crippen LogP contribution in [0.5, 0.6) is 5.75 Å². The number of nitrogens with zero attached hydrogens (tertiary/aromatic N) is 4. The molecule has 37 heavy (non-hydrogen) atoms. The van der Waals surface area contributed by atoms with Gasteiger partial charge in [0.25, 0.3) is 0 Å². The number of anilines is 1. The van der Waals surface area contributed by atoms with E-state index in [4.69, 9.17) is 15.1 Å². The molecule has 1 aliphatic rings. The highest BCUT2D eigenvalue weighted by molar-refractivity contribution is 5.68. The third kappa shape index (κ3) is 7.42. The molecule has 190 valence electrons. The van der Waals surface area contributed by atoms with E-state index in [0.717, 1.165) is 55.4 Å². The molecule has 7 nitrogen and oxygen atoms in total. The van der Waals surface area contributed by atoms with Crippen LogP contribution < -0.4 is 9.64 Å². The fourth-order valence-electron chi connectivity index (χ4n) is 4.47. The molecule has 1 fully saturated rings. The van der Waals surface area contributed by atoms with Crippen molar-refractivity contribution in [3.63, 3.8) is 0 Å². The zero-order valence-corrected chi connectivity index (χ0v) is 21.1. The van der Waals surface area contributed by atoms with Gasteiger partial charge in [-0.2, -0.15) is 5.26 Å². The van der Waals surface area contributed by atoms with Crippen LogP contribution in [0.4, 0.5) is 5.82 Å². The number of piperazine rings is 1. The van der Waals surface area contributed by atoms with Crippen molar-refractivity contribution >= 4 is 11.8 Å². The van der Waals surface area contributed by atoms with Crippen LogP contribution >= 0.6 is 0 Å². The Kier molecular flexibility index (Phi) is 8.90. The predicted molar refractivity (Wildman–Crippen MR) is 143 cm³/mol. The fourth-order valence-corrected chi connectivity index (χ4v) is 4.47. The third-order valence-corrected chi connectivity index (χ3v) is 6.54. The van der Waals surface area contributed by atoms with Gasteiger partial charge in [0, 0.05) is 44.8 Å². The molecule has 0 radical (unpaired) electrons. The Hall–Kier alpha value is -4.15. The molecule has 2 aromatic carbocycles. The Morgan fingerprint density at radius 3 is 2.35 bits per heavy atom. The number of carboxylic acid groups (broad SMARTS) is 1. The van der Waals surface area contributed by atoms with Crippen LogP contribution in [0.3, 0.4) is 0 Å². The number of rotatable bonds is 10. The van der Waals surface area contributed by atoms with Gasteiger partial charge in [-0.25, -0.2) is 4.98 Å². The summed E-state index contributed by atoms with van der Waals surface area (Å²) in [4.78, 5) is 20.2. The monoisotopic (exact) mass is 496 g/mol. The summed E-state index contributed by atoms with van der Waals surface area (Å²) in [5.74, 6) is 0.738. The largest absolute Gasteiger partial charge is 0.489 e. The molecular formula is C30H32N4O3. The van der Waals surface area contributed by atoms with Crippen molar-refractivity contribution in [3.8, 4) is 11.8 Å². The van der Waals surface area contributed by atoms with E-state index >= 15 is 0 Å². The van der Waals surface area contributed by atoms with Gasteiger partial charge in [-0.3, -0.25) is 9.69 Å². The lowest BCUT2D eigenvalue weighted by Crippen LogP contribution is -2.46. The van der Waals surface area contributed by atoms with Crippen LogP contribution in [0.2, 0.25) is 0 Å². The molecule has 1 atom stereocenters. The van der Waals surface area contributed by atoms with Gasteiger partial charge in [0.05, 0.1) is 12.0 Å². The predicted octanol–water partition coefficient (Wildman–Crippen LogP) is 4.99. The average Bonchev–Trinajstić information content (AvgIpc) is 2.93. The molecule has 0 unspecified atom stereocenters. The molecule has 3 aromatic rings. The number of nitriles is 1. The van der Waals surface area contributed by atoms with Crippen molar-refractivity contribution in [2.45, 2.75) is 32.4 Å². The lowest BCUT2D eigenvalue weighted by Gasteiger charge is -2.35. The number of benzene rings is 2. The summed E-state index contributed by atoms with van der Waals surface area (Å²) in [6.07, 6.45) is 5.50. The van der Waals surface area contributed by atoms with Crippen molar-refractivity contribution in [2.75, 3.05) is 31.1 Å². The normalized spacial score (nSPS) is 14.9. The van der Waals surface area contributed by atoms with Crippen LogP contribution in [0.25, 0.3) is 0 Å². The van der Waals surface area contributed by atoms with Crippen molar-refractivity contribution < 1.29 is 14.6 Å². The molecule has 2 heterocycles. The zero-order chi connectivity index (χ0) is 26.0. The first-order chi connectivity index (χ1) is 18.0. The minimum Gasteiger partial charge on any atom is -0.489 e. The standard InChI is InChI=1S/C30H32N4O3/c1-2-3-27(18-30(35)36)26-9-11-28(12-10-26)37-22-24-6-4-23(5-7-24)21-33-14-16-34(17-15-33)29-13-8-25(19-31)20-32-29/h2-13,20,27H,14-18,21-22H2,1H3,(H,35,36)/t27-/m1/s1. The van der Waals surface area contributed by atoms with Crippen LogP contribution in [0.1, 0.15) is 41.5 Å². The second kappa shape index (κ2) is 12.7. The lowest BCUT2D eigenvalue weighted by atomic mass is 9.95. The Labute approximate surface area is 218 Å². The van der Waals surface area contributed by atoms with Gasteiger partial charge < -0.3 is 14.7 Å². The maximum absolute atomic E-state index is 11.1. The third-order valence-electron chi connectivity index (χ3n) is 6.54. The highest BCUT2D eigenvalue weighted by Gasteiger charge is 2.18. The second-order valence-corrected chi connectivity index (χ2v) is 9.18. The van der Waals surface area contributed by atoms with Crippen LogP contribution in [-0.4, -0.2) is 47.1 Å². The summed E-state index contributed by atoms with van der Waals surface area (Å²) in [6.45, 7) is 7.03. The van der Waals surface area contributed by atoms with E-state index in [1.807, 2.05) is 55.5 Å². The summed E-state index contributed by atoms with van der Waals surface area (Å²) in [7, 11) is 0. The number of pyridine rings is 1. The first-order valence-corrected chi connectivity index (χ1v) is 12.5. The molecule has 1 aliphatic heterocycles. The zero-order valence-electron chi connectivity index (χ0n) is 21.1. The van der Waals surface area contributed by atoms with Gasteiger partial charge in [0.15, 0.2) is 0 Å². The molecule has 0 amide bonds. The summed E-state index contributed by atoms with van der Waals surface area (Å²) < 4.78 is 5.95. The fraction of sp³-hybridized carbons (Fsp3) is 0.300. The molecule has 4 rings (SSSR count). The molecular weight excluding hydrogens is 464 g/mol. The van der Waals surface area contributed by atoms with E-state index in [1.54, 1.807) is 6.20 Å². The lowest BCUT2D eigenvalue weighted by molar-refractivity contribution is -0.137. The maximum Gasteiger partial charge on any atom is 0.304 e. The summed E-state index contributed by atoms with van der Waals surface area (Å²) in [5, 5.41) is 18.1. The van der Waals surface area contributed by atoms with Crippen LogP contribution in [0, 0.1) is 11.3 Å². The average molecular weight is 497 g/mol. The number of carbonyl (C=O) groups is 1. The smallest absolute Gasteiger partial charge is 0.304 e. The number of hydrogen-bond donors (Lipinski definition) is 1. The molecule has 0 saturated carbocycles. The highest BCUT2D eigenvalue weighted by Crippen LogP contribution is 2.24. The molecule has 1 N–H and O–H groups in total. The van der Waals surface area contributed by atoms with E-state index in [1.165, 1.54) is 5.56 Å². The summed E-state index contributed by atoms with van der Waals surface area (Å²) in [5.41, 5.74) is 3.92. The van der Waals surface area contributed by atoms with Gasteiger partial charge in [-0.1, -0.05) is 48.6 Å². The van der Waals surface area contributed by atoms with Crippen molar-refractivity contribution in [2.24, 2.45) is 0 Å². The van der Waals surface area contributed by atoms with E-state index < -0.39 is 5.97 Å². The maximum atomic E-state index is 11.1. The van der Waals surface area contributed by atoms with Crippen LogP contribution in [-0.2, 0) is 17.9 Å². The molecule has 1 saturated heterocycles. The topological polar surface area (TPSA) is 89.7 Å². The quantitative estimate of drug-likeness (QED) is 0.396.